The van der Waals surface area contributed by atoms with E-state index >= 15 is 0 Å². The Morgan fingerprint density at radius 3 is 2.12 bits per heavy atom. The fourth-order valence-corrected chi connectivity index (χ4v) is 2.08. The van der Waals surface area contributed by atoms with Gasteiger partial charge in [-0.25, -0.2) is 23.5 Å². The number of nitrogens with zero attached hydrogens (tertiary/aromatic N) is 2. The lowest BCUT2D eigenvalue weighted by Crippen LogP contribution is -2.02. The van der Waals surface area contributed by atoms with Crippen LogP contribution in [-0.2, 0) is 0 Å². The van der Waals surface area contributed by atoms with E-state index in [0.29, 0.717) is 11.5 Å². The van der Waals surface area contributed by atoms with Crippen LogP contribution in [0.2, 0.25) is 0 Å². The highest BCUT2D eigenvalue weighted by Crippen LogP contribution is 2.23. The SMILES string of the molecule is O=C(O)c1ccc(Nc2cc(Nc3c(F)cccc3F)ncn2)cc1. The van der Waals surface area contributed by atoms with E-state index in [1.165, 1.54) is 30.6 Å². The molecule has 0 radical (unpaired) electrons. The van der Waals surface area contributed by atoms with Gasteiger partial charge in [-0.2, -0.15) is 0 Å². The predicted octanol–water partition coefficient (Wildman–Crippen LogP) is 3.94. The fourth-order valence-electron chi connectivity index (χ4n) is 2.08. The molecule has 8 heteroatoms. The third-order valence-corrected chi connectivity index (χ3v) is 3.29. The first-order valence-corrected chi connectivity index (χ1v) is 7.16. The van der Waals surface area contributed by atoms with E-state index in [1.807, 2.05) is 0 Å². The first-order valence-electron chi connectivity index (χ1n) is 7.16. The number of carboxylic acids is 1. The second-order valence-electron chi connectivity index (χ2n) is 5.02. The molecule has 0 fully saturated rings. The molecule has 1 aromatic heterocycles. The van der Waals surface area contributed by atoms with Gasteiger partial charge in [-0.3, -0.25) is 0 Å². The maximum atomic E-state index is 13.7. The van der Waals surface area contributed by atoms with Crippen molar-refractivity contribution in [2.45, 2.75) is 0 Å². The minimum atomic E-state index is -1.02. The molecule has 0 atom stereocenters. The van der Waals surface area contributed by atoms with Gasteiger partial charge in [-0.05, 0) is 36.4 Å². The smallest absolute Gasteiger partial charge is 0.335 e. The molecule has 3 N–H and O–H groups in total. The highest BCUT2D eigenvalue weighted by atomic mass is 19.1. The van der Waals surface area contributed by atoms with Gasteiger partial charge in [-0.15, -0.1) is 0 Å². The van der Waals surface area contributed by atoms with Crippen molar-refractivity contribution in [1.82, 2.24) is 9.97 Å². The third-order valence-electron chi connectivity index (χ3n) is 3.29. The van der Waals surface area contributed by atoms with E-state index in [1.54, 1.807) is 12.1 Å². The summed E-state index contributed by atoms with van der Waals surface area (Å²) in [6, 6.07) is 11.1. The number of carbonyl (C=O) groups is 1. The first kappa shape index (κ1) is 16.3. The molecule has 0 aliphatic rings. The molecule has 0 spiro atoms. The molecule has 6 nitrogen and oxygen atoms in total. The summed E-state index contributed by atoms with van der Waals surface area (Å²) in [5.74, 6) is -1.93. The number of aromatic nitrogens is 2. The van der Waals surface area contributed by atoms with Crippen LogP contribution in [0.4, 0.5) is 31.8 Å². The number of rotatable bonds is 5. The number of benzene rings is 2. The van der Waals surface area contributed by atoms with Gasteiger partial charge in [0.2, 0.25) is 0 Å². The zero-order valence-electron chi connectivity index (χ0n) is 12.7. The molecule has 0 amide bonds. The largest absolute Gasteiger partial charge is 0.478 e. The van der Waals surface area contributed by atoms with Crippen molar-refractivity contribution < 1.29 is 18.7 Å². The molecular weight excluding hydrogens is 330 g/mol. The van der Waals surface area contributed by atoms with Gasteiger partial charge >= 0.3 is 5.97 Å². The van der Waals surface area contributed by atoms with Crippen LogP contribution < -0.4 is 10.6 Å². The quantitative estimate of drug-likeness (QED) is 0.651. The standard InChI is InChI=1S/C17H12F2N4O2/c18-12-2-1-3-13(19)16(12)23-15-8-14(20-9-21-15)22-11-6-4-10(5-7-11)17(24)25/h1-9H,(H,24,25)(H2,20,21,22,23). The maximum Gasteiger partial charge on any atom is 0.335 e. The topological polar surface area (TPSA) is 87.1 Å². The Bertz CT molecular complexity index is 897. The van der Waals surface area contributed by atoms with E-state index in [2.05, 4.69) is 20.6 Å². The van der Waals surface area contributed by atoms with Crippen LogP contribution in [0.3, 0.4) is 0 Å². The molecule has 1 heterocycles. The summed E-state index contributed by atoms with van der Waals surface area (Å²) in [6.45, 7) is 0. The first-order chi connectivity index (χ1) is 12.0. The lowest BCUT2D eigenvalue weighted by Gasteiger charge is -2.10. The van der Waals surface area contributed by atoms with Crippen LogP contribution in [0.1, 0.15) is 10.4 Å². The van der Waals surface area contributed by atoms with Crippen LogP contribution in [0.15, 0.2) is 54.9 Å². The minimum Gasteiger partial charge on any atom is -0.478 e. The van der Waals surface area contributed by atoms with Gasteiger partial charge in [0.15, 0.2) is 0 Å². The number of halogens is 2. The van der Waals surface area contributed by atoms with Crippen molar-refractivity contribution in [2.75, 3.05) is 10.6 Å². The zero-order valence-corrected chi connectivity index (χ0v) is 12.7. The Labute approximate surface area is 141 Å². The van der Waals surface area contributed by atoms with Crippen molar-refractivity contribution >= 4 is 29.0 Å². The van der Waals surface area contributed by atoms with Crippen LogP contribution in [0.5, 0.6) is 0 Å². The molecule has 25 heavy (non-hydrogen) atoms. The summed E-state index contributed by atoms with van der Waals surface area (Å²) in [5.41, 5.74) is 0.454. The summed E-state index contributed by atoms with van der Waals surface area (Å²) >= 11 is 0. The lowest BCUT2D eigenvalue weighted by molar-refractivity contribution is 0.0697. The number of hydrogen-bond acceptors (Lipinski definition) is 5. The number of carboxylic acid groups (broad SMARTS) is 1. The fraction of sp³-hybridized carbons (Fsp3) is 0. The van der Waals surface area contributed by atoms with Crippen LogP contribution in [-0.4, -0.2) is 21.0 Å². The molecule has 3 aromatic rings. The van der Waals surface area contributed by atoms with Crippen LogP contribution in [0, 0.1) is 11.6 Å². The number of anilines is 4. The number of para-hydroxylation sites is 1. The Morgan fingerprint density at radius 2 is 1.52 bits per heavy atom. The van der Waals surface area contributed by atoms with E-state index in [9.17, 15) is 13.6 Å². The average Bonchev–Trinajstić information content (AvgIpc) is 2.59. The second kappa shape index (κ2) is 6.91. The van der Waals surface area contributed by atoms with Crippen molar-refractivity contribution in [2.24, 2.45) is 0 Å². The zero-order chi connectivity index (χ0) is 17.8. The van der Waals surface area contributed by atoms with Gasteiger partial charge in [0.05, 0.1) is 5.56 Å². The normalized spacial score (nSPS) is 10.3. The van der Waals surface area contributed by atoms with Gasteiger partial charge in [0, 0.05) is 11.8 Å². The summed E-state index contributed by atoms with van der Waals surface area (Å²) in [6.07, 6.45) is 1.23. The summed E-state index contributed by atoms with van der Waals surface area (Å²) in [5, 5.41) is 14.4. The maximum absolute atomic E-state index is 13.7. The van der Waals surface area contributed by atoms with Crippen molar-refractivity contribution in [3.63, 3.8) is 0 Å². The second-order valence-corrected chi connectivity index (χ2v) is 5.02. The van der Waals surface area contributed by atoms with Crippen molar-refractivity contribution in [3.05, 3.63) is 72.1 Å². The van der Waals surface area contributed by atoms with Crippen molar-refractivity contribution in [1.29, 1.82) is 0 Å². The van der Waals surface area contributed by atoms with Gasteiger partial charge < -0.3 is 15.7 Å². The molecule has 0 aliphatic heterocycles. The molecule has 126 valence electrons. The number of nitrogens with one attached hydrogen (secondary N) is 2. The van der Waals surface area contributed by atoms with Crippen LogP contribution in [0.25, 0.3) is 0 Å². The molecule has 0 saturated carbocycles. The Morgan fingerprint density at radius 1 is 0.920 bits per heavy atom. The molecule has 3 rings (SSSR count). The summed E-state index contributed by atoms with van der Waals surface area (Å²) < 4.78 is 27.4. The Hall–Kier alpha value is -3.55. The molecule has 2 aromatic carbocycles. The average molecular weight is 342 g/mol. The van der Waals surface area contributed by atoms with Crippen molar-refractivity contribution in [3.8, 4) is 0 Å². The third kappa shape index (κ3) is 3.86. The number of aromatic carboxylic acids is 1. The molecule has 0 aliphatic carbocycles. The molecule has 0 unspecified atom stereocenters. The molecule has 0 bridgehead atoms. The predicted molar refractivity (Wildman–Crippen MR) is 88.4 cm³/mol. The lowest BCUT2D eigenvalue weighted by atomic mass is 10.2. The monoisotopic (exact) mass is 342 g/mol. The molecular formula is C17H12F2N4O2. The van der Waals surface area contributed by atoms with Gasteiger partial charge in [0.25, 0.3) is 0 Å². The number of hydrogen-bond donors (Lipinski definition) is 3. The highest BCUT2D eigenvalue weighted by Gasteiger charge is 2.10. The van der Waals surface area contributed by atoms with E-state index in [4.69, 9.17) is 5.11 Å². The Kier molecular flexibility index (Phi) is 4.51. The van der Waals surface area contributed by atoms with E-state index in [-0.39, 0.29) is 17.1 Å². The van der Waals surface area contributed by atoms with Crippen LogP contribution >= 0.6 is 0 Å². The highest BCUT2D eigenvalue weighted by molar-refractivity contribution is 5.88. The molecule has 0 saturated heterocycles. The van der Waals surface area contributed by atoms with E-state index in [0.717, 1.165) is 12.1 Å². The minimum absolute atomic E-state index is 0.158. The van der Waals surface area contributed by atoms with Gasteiger partial charge in [0.1, 0.15) is 35.3 Å². The van der Waals surface area contributed by atoms with Gasteiger partial charge in [-0.1, -0.05) is 6.07 Å². The summed E-state index contributed by atoms with van der Waals surface area (Å²) in [7, 11) is 0. The van der Waals surface area contributed by atoms with E-state index < -0.39 is 17.6 Å². The summed E-state index contributed by atoms with van der Waals surface area (Å²) in [4.78, 5) is 18.8. The Balaban J connectivity index is 1.78.